The van der Waals surface area contributed by atoms with Crippen molar-refractivity contribution in [2.75, 3.05) is 11.9 Å². The van der Waals surface area contributed by atoms with Gasteiger partial charge < -0.3 is 10.4 Å². The summed E-state index contributed by atoms with van der Waals surface area (Å²) >= 11 is 0. The lowest BCUT2D eigenvalue weighted by molar-refractivity contribution is 0.261. The molecular formula is C11H16FNO. The number of hydrogen-bond acceptors (Lipinski definition) is 2. The molecule has 1 rings (SSSR count). The fraction of sp³-hybridized carbons (Fsp3) is 0.455. The highest BCUT2D eigenvalue weighted by Gasteiger charge is 2.16. The van der Waals surface area contributed by atoms with Crippen LogP contribution >= 0.6 is 0 Å². The summed E-state index contributed by atoms with van der Waals surface area (Å²) in [5.74, 6) is -0.255. The molecular weight excluding hydrogens is 181 g/mol. The van der Waals surface area contributed by atoms with Crippen LogP contribution in [0.5, 0.6) is 0 Å². The van der Waals surface area contributed by atoms with Gasteiger partial charge in [0.15, 0.2) is 0 Å². The van der Waals surface area contributed by atoms with Crippen molar-refractivity contribution in [3.05, 3.63) is 30.1 Å². The van der Waals surface area contributed by atoms with Crippen molar-refractivity contribution in [2.24, 2.45) is 0 Å². The third-order valence-electron chi connectivity index (χ3n) is 2.04. The largest absolute Gasteiger partial charge is 0.396 e. The molecule has 0 aromatic heterocycles. The molecule has 14 heavy (non-hydrogen) atoms. The molecule has 0 atom stereocenters. The lowest BCUT2D eigenvalue weighted by Gasteiger charge is -2.26. The molecule has 0 amide bonds. The lowest BCUT2D eigenvalue weighted by Crippen LogP contribution is -2.31. The maximum Gasteiger partial charge on any atom is 0.125 e. The maximum atomic E-state index is 12.8. The molecule has 1 aromatic rings. The third kappa shape index (κ3) is 3.34. The van der Waals surface area contributed by atoms with Gasteiger partial charge in [0.05, 0.1) is 0 Å². The van der Waals surface area contributed by atoms with Crippen LogP contribution in [-0.4, -0.2) is 17.3 Å². The first kappa shape index (κ1) is 11.0. The quantitative estimate of drug-likeness (QED) is 0.776. The molecule has 0 fully saturated rings. The van der Waals surface area contributed by atoms with Gasteiger partial charge in [-0.05, 0) is 38.5 Å². The average molecular weight is 197 g/mol. The van der Waals surface area contributed by atoms with Crippen molar-refractivity contribution in [3.63, 3.8) is 0 Å². The zero-order valence-electron chi connectivity index (χ0n) is 8.55. The minimum atomic E-state index is -0.255. The van der Waals surface area contributed by atoms with Gasteiger partial charge in [-0.2, -0.15) is 0 Å². The molecule has 78 valence electrons. The first-order valence-electron chi connectivity index (χ1n) is 4.68. The Hall–Kier alpha value is -1.09. The molecule has 2 N–H and O–H groups in total. The summed E-state index contributed by atoms with van der Waals surface area (Å²) in [5, 5.41) is 12.0. The van der Waals surface area contributed by atoms with E-state index in [2.05, 4.69) is 5.32 Å². The Labute approximate surface area is 83.8 Å². The standard InChI is InChI=1S/C11H16FNO/c1-11(2,6-7-14)13-10-5-3-4-9(12)8-10/h3-5,8,13-14H,6-7H2,1-2H3. The fourth-order valence-corrected chi connectivity index (χ4v) is 1.30. The maximum absolute atomic E-state index is 12.8. The summed E-state index contributed by atoms with van der Waals surface area (Å²) < 4.78 is 12.8. The van der Waals surface area contributed by atoms with Crippen LogP contribution in [0.25, 0.3) is 0 Å². The fourth-order valence-electron chi connectivity index (χ4n) is 1.30. The molecule has 2 nitrogen and oxygen atoms in total. The number of anilines is 1. The predicted octanol–water partition coefficient (Wildman–Crippen LogP) is 2.40. The lowest BCUT2D eigenvalue weighted by atomic mass is 10.0. The van der Waals surface area contributed by atoms with Crippen molar-refractivity contribution < 1.29 is 9.50 Å². The summed E-state index contributed by atoms with van der Waals surface area (Å²) in [6.45, 7) is 4.05. The van der Waals surface area contributed by atoms with Crippen molar-refractivity contribution in [1.29, 1.82) is 0 Å². The monoisotopic (exact) mass is 197 g/mol. The summed E-state index contributed by atoms with van der Waals surface area (Å²) in [6, 6.07) is 6.32. The summed E-state index contributed by atoms with van der Waals surface area (Å²) in [5.41, 5.74) is 0.520. The summed E-state index contributed by atoms with van der Waals surface area (Å²) in [4.78, 5) is 0. The Morgan fingerprint density at radius 1 is 1.43 bits per heavy atom. The van der Waals surface area contributed by atoms with Crippen molar-refractivity contribution >= 4 is 5.69 Å². The van der Waals surface area contributed by atoms with Crippen LogP contribution in [0.1, 0.15) is 20.3 Å². The first-order valence-corrected chi connectivity index (χ1v) is 4.68. The second-order valence-electron chi connectivity index (χ2n) is 3.99. The topological polar surface area (TPSA) is 32.3 Å². The molecule has 0 radical (unpaired) electrons. The molecule has 0 saturated heterocycles. The van der Waals surface area contributed by atoms with E-state index >= 15 is 0 Å². The van der Waals surface area contributed by atoms with Gasteiger partial charge >= 0.3 is 0 Å². The summed E-state index contributed by atoms with van der Waals surface area (Å²) in [6.07, 6.45) is 0.628. The third-order valence-corrected chi connectivity index (χ3v) is 2.04. The number of hydrogen-bond donors (Lipinski definition) is 2. The molecule has 0 unspecified atom stereocenters. The highest BCUT2D eigenvalue weighted by Crippen LogP contribution is 2.18. The Bertz CT molecular complexity index is 299. The number of nitrogens with one attached hydrogen (secondary N) is 1. The predicted molar refractivity (Wildman–Crippen MR) is 55.8 cm³/mol. The van der Waals surface area contributed by atoms with E-state index < -0.39 is 0 Å². The SMILES string of the molecule is CC(C)(CCO)Nc1cccc(F)c1. The van der Waals surface area contributed by atoms with Crippen molar-refractivity contribution in [3.8, 4) is 0 Å². The van der Waals surface area contributed by atoms with Gasteiger partial charge in [-0.25, -0.2) is 4.39 Å². The second-order valence-corrected chi connectivity index (χ2v) is 3.99. The summed E-state index contributed by atoms with van der Waals surface area (Å²) in [7, 11) is 0. The number of aliphatic hydroxyl groups is 1. The van der Waals surface area contributed by atoms with E-state index in [1.165, 1.54) is 12.1 Å². The minimum absolute atomic E-state index is 0.120. The number of rotatable bonds is 4. The number of aliphatic hydroxyl groups excluding tert-OH is 1. The Morgan fingerprint density at radius 2 is 2.14 bits per heavy atom. The Kier molecular flexibility index (Phi) is 3.47. The van der Waals surface area contributed by atoms with Gasteiger partial charge in [0.25, 0.3) is 0 Å². The molecule has 0 spiro atoms. The van der Waals surface area contributed by atoms with E-state index in [1.807, 2.05) is 19.9 Å². The Balaban J connectivity index is 2.68. The zero-order valence-corrected chi connectivity index (χ0v) is 8.55. The first-order chi connectivity index (χ1) is 6.53. The van der Waals surface area contributed by atoms with E-state index in [4.69, 9.17) is 5.11 Å². The van der Waals surface area contributed by atoms with Gasteiger partial charge in [-0.3, -0.25) is 0 Å². The molecule has 0 heterocycles. The zero-order chi connectivity index (χ0) is 10.6. The van der Waals surface area contributed by atoms with Crippen LogP contribution in [0.4, 0.5) is 10.1 Å². The molecule has 1 aromatic carbocycles. The number of benzene rings is 1. The van der Waals surface area contributed by atoms with Gasteiger partial charge in [0.2, 0.25) is 0 Å². The number of halogens is 1. The van der Waals surface area contributed by atoms with Crippen LogP contribution in [0.3, 0.4) is 0 Å². The van der Waals surface area contributed by atoms with E-state index in [0.717, 1.165) is 5.69 Å². The molecule has 0 aliphatic rings. The van der Waals surface area contributed by atoms with Gasteiger partial charge in [-0.15, -0.1) is 0 Å². The van der Waals surface area contributed by atoms with Gasteiger partial charge in [0, 0.05) is 17.8 Å². The Morgan fingerprint density at radius 3 is 2.71 bits per heavy atom. The second kappa shape index (κ2) is 4.42. The van der Waals surface area contributed by atoms with Crippen LogP contribution in [0, 0.1) is 5.82 Å². The van der Waals surface area contributed by atoms with Crippen LogP contribution in [-0.2, 0) is 0 Å². The van der Waals surface area contributed by atoms with E-state index in [9.17, 15) is 4.39 Å². The highest BCUT2D eigenvalue weighted by molar-refractivity contribution is 5.45. The van der Waals surface area contributed by atoms with Crippen LogP contribution < -0.4 is 5.32 Å². The van der Waals surface area contributed by atoms with Crippen LogP contribution in [0.15, 0.2) is 24.3 Å². The smallest absolute Gasteiger partial charge is 0.125 e. The van der Waals surface area contributed by atoms with Gasteiger partial charge in [-0.1, -0.05) is 6.07 Å². The molecule has 3 heteroatoms. The average Bonchev–Trinajstić information content (AvgIpc) is 2.02. The minimum Gasteiger partial charge on any atom is -0.396 e. The van der Waals surface area contributed by atoms with Crippen molar-refractivity contribution in [1.82, 2.24) is 0 Å². The molecule has 0 saturated carbocycles. The van der Waals surface area contributed by atoms with E-state index in [-0.39, 0.29) is 18.0 Å². The highest BCUT2D eigenvalue weighted by atomic mass is 19.1. The normalized spacial score (nSPS) is 11.4. The van der Waals surface area contributed by atoms with E-state index in [1.54, 1.807) is 6.07 Å². The molecule has 0 bridgehead atoms. The van der Waals surface area contributed by atoms with Crippen LogP contribution in [0.2, 0.25) is 0 Å². The molecule has 0 aliphatic heterocycles. The van der Waals surface area contributed by atoms with Crippen molar-refractivity contribution in [2.45, 2.75) is 25.8 Å². The molecule has 0 aliphatic carbocycles. The van der Waals surface area contributed by atoms with Gasteiger partial charge in [0.1, 0.15) is 5.82 Å². The van der Waals surface area contributed by atoms with E-state index in [0.29, 0.717) is 6.42 Å².